The second kappa shape index (κ2) is 9.15. The van der Waals surface area contributed by atoms with Gasteiger partial charge in [0.15, 0.2) is 17.1 Å². The Balaban J connectivity index is 1.63. The molecule has 170 valence electrons. The molecule has 0 aliphatic carbocycles. The van der Waals surface area contributed by atoms with Gasteiger partial charge < -0.3 is 19.9 Å². The molecule has 5 aromatic rings. The lowest BCUT2D eigenvalue weighted by Gasteiger charge is -2.11. The van der Waals surface area contributed by atoms with E-state index in [0.717, 1.165) is 33.7 Å². The van der Waals surface area contributed by atoms with E-state index in [-0.39, 0.29) is 6.61 Å². The summed E-state index contributed by atoms with van der Waals surface area (Å²) in [6.07, 6.45) is 1.77. The van der Waals surface area contributed by atoms with Crippen LogP contribution in [0.2, 0.25) is 0 Å². The highest BCUT2D eigenvalue weighted by Crippen LogP contribution is 2.36. The van der Waals surface area contributed by atoms with Crippen LogP contribution in [-0.4, -0.2) is 28.8 Å². The Labute approximate surface area is 197 Å². The lowest BCUT2D eigenvalue weighted by molar-refractivity contribution is 0.301. The van der Waals surface area contributed by atoms with Crippen molar-refractivity contribution in [2.24, 2.45) is 0 Å². The van der Waals surface area contributed by atoms with Gasteiger partial charge in [0.1, 0.15) is 23.9 Å². The fraction of sp³-hybridized carbons (Fsp3) is 0.111. The summed E-state index contributed by atoms with van der Waals surface area (Å²) in [7, 11) is 3.21. The molecule has 34 heavy (non-hydrogen) atoms. The summed E-state index contributed by atoms with van der Waals surface area (Å²) in [4.78, 5) is 4.76. The largest absolute Gasteiger partial charge is 0.493 e. The summed E-state index contributed by atoms with van der Waals surface area (Å²) < 4.78 is 18.5. The average Bonchev–Trinajstić information content (AvgIpc) is 3.28. The van der Waals surface area contributed by atoms with Crippen molar-refractivity contribution in [3.63, 3.8) is 0 Å². The van der Waals surface area contributed by atoms with Crippen molar-refractivity contribution < 1.29 is 14.2 Å². The van der Waals surface area contributed by atoms with Gasteiger partial charge in [0.25, 0.3) is 0 Å². The molecule has 0 aliphatic heterocycles. The van der Waals surface area contributed by atoms with Crippen LogP contribution in [0, 0.1) is 0 Å². The molecule has 2 N–H and O–H groups in total. The summed E-state index contributed by atoms with van der Waals surface area (Å²) in [6, 6.07) is 25.3. The molecule has 0 amide bonds. The molecule has 0 unspecified atom stereocenters. The van der Waals surface area contributed by atoms with Gasteiger partial charge in [-0.15, -0.1) is 0 Å². The Morgan fingerprint density at radius 3 is 2.24 bits per heavy atom. The van der Waals surface area contributed by atoms with Gasteiger partial charge in [-0.3, -0.25) is 0 Å². The van der Waals surface area contributed by atoms with E-state index in [1.807, 2.05) is 78.9 Å². The normalized spacial score (nSPS) is 10.9. The molecular weight excluding hydrogens is 428 g/mol. The minimum Gasteiger partial charge on any atom is -0.493 e. The predicted molar refractivity (Wildman–Crippen MR) is 132 cm³/mol. The van der Waals surface area contributed by atoms with Crippen molar-refractivity contribution in [2.75, 3.05) is 20.0 Å². The van der Waals surface area contributed by atoms with E-state index >= 15 is 0 Å². The van der Waals surface area contributed by atoms with Gasteiger partial charge in [0.05, 0.1) is 19.8 Å². The van der Waals surface area contributed by atoms with Crippen LogP contribution in [0.5, 0.6) is 17.2 Å². The van der Waals surface area contributed by atoms with Crippen LogP contribution in [0.25, 0.3) is 27.9 Å². The number of ether oxygens (including phenoxy) is 3. The second-order valence-corrected chi connectivity index (χ2v) is 7.65. The molecule has 0 fully saturated rings. The number of nitrogens with two attached hydrogens (primary N) is 1. The van der Waals surface area contributed by atoms with E-state index in [9.17, 15) is 0 Å². The molecule has 0 spiro atoms. The quantitative estimate of drug-likeness (QED) is 0.363. The first-order chi connectivity index (χ1) is 16.7. The Hall–Kier alpha value is -4.52. The highest BCUT2D eigenvalue weighted by atomic mass is 16.5. The van der Waals surface area contributed by atoms with Gasteiger partial charge in [-0.2, -0.15) is 9.61 Å². The first-order valence-corrected chi connectivity index (χ1v) is 10.8. The predicted octanol–water partition coefficient (Wildman–Crippen LogP) is 5.24. The van der Waals surface area contributed by atoms with Gasteiger partial charge in [0, 0.05) is 11.8 Å². The number of para-hydroxylation sites is 1. The number of methoxy groups -OCH3 is 2. The number of fused-ring (bicyclic) bond motifs is 1. The average molecular weight is 453 g/mol. The third-order valence-electron chi connectivity index (χ3n) is 5.63. The molecule has 7 heteroatoms. The zero-order valence-electron chi connectivity index (χ0n) is 18.9. The Bertz CT molecular complexity index is 1430. The van der Waals surface area contributed by atoms with Crippen molar-refractivity contribution in [1.82, 2.24) is 14.6 Å². The molecule has 0 saturated carbocycles. The Morgan fingerprint density at radius 2 is 1.53 bits per heavy atom. The summed E-state index contributed by atoms with van der Waals surface area (Å²) in [5, 5.41) is 4.81. The highest BCUT2D eigenvalue weighted by Gasteiger charge is 2.20. The van der Waals surface area contributed by atoms with Crippen molar-refractivity contribution in [3.8, 4) is 39.5 Å². The van der Waals surface area contributed by atoms with Crippen LogP contribution in [-0.2, 0) is 6.61 Å². The number of hydrogen-bond donors (Lipinski definition) is 1. The van der Waals surface area contributed by atoms with Gasteiger partial charge in [-0.1, -0.05) is 54.6 Å². The summed E-state index contributed by atoms with van der Waals surface area (Å²) in [6.45, 7) is 0.280. The molecule has 0 aliphatic rings. The molecule has 5 rings (SSSR count). The molecule has 0 bridgehead atoms. The van der Waals surface area contributed by atoms with Crippen molar-refractivity contribution >= 4 is 11.5 Å². The minimum atomic E-state index is 0.280. The summed E-state index contributed by atoms with van der Waals surface area (Å²) in [5.74, 6) is 2.50. The molecular formula is C27H24N4O3. The molecule has 0 radical (unpaired) electrons. The van der Waals surface area contributed by atoms with E-state index in [1.165, 1.54) is 0 Å². The highest BCUT2D eigenvalue weighted by molar-refractivity contribution is 5.84. The molecule has 3 aromatic carbocycles. The Morgan fingerprint density at radius 1 is 0.824 bits per heavy atom. The fourth-order valence-electron chi connectivity index (χ4n) is 3.94. The van der Waals surface area contributed by atoms with Crippen LogP contribution < -0.4 is 19.9 Å². The SMILES string of the molecule is COc1ccc(-c2cnc3c(-c4ccccc4)c(COc4ccccc4)nn3c2N)cc1OC. The monoisotopic (exact) mass is 452 g/mol. The van der Waals surface area contributed by atoms with Crippen LogP contribution in [0.3, 0.4) is 0 Å². The van der Waals surface area contributed by atoms with E-state index in [1.54, 1.807) is 24.9 Å². The number of nitrogen functional groups attached to an aromatic ring is 1. The molecule has 0 atom stereocenters. The van der Waals surface area contributed by atoms with E-state index in [4.69, 9.17) is 30.0 Å². The molecule has 2 aromatic heterocycles. The third kappa shape index (κ3) is 3.88. The second-order valence-electron chi connectivity index (χ2n) is 7.65. The maximum atomic E-state index is 6.63. The standard InChI is InChI=1S/C27H24N4O3/c1-32-23-14-13-19(15-24(23)33-2)21-16-29-27-25(18-9-5-3-6-10-18)22(30-31(27)26(21)28)17-34-20-11-7-4-8-12-20/h3-16H,17,28H2,1-2H3. The van der Waals surface area contributed by atoms with Gasteiger partial charge in [-0.05, 0) is 35.4 Å². The van der Waals surface area contributed by atoms with Gasteiger partial charge in [-0.25, -0.2) is 4.98 Å². The first kappa shape index (κ1) is 21.3. The van der Waals surface area contributed by atoms with E-state index in [2.05, 4.69) is 0 Å². The van der Waals surface area contributed by atoms with Crippen LogP contribution >= 0.6 is 0 Å². The maximum absolute atomic E-state index is 6.63. The van der Waals surface area contributed by atoms with Crippen molar-refractivity contribution in [1.29, 1.82) is 0 Å². The maximum Gasteiger partial charge on any atom is 0.165 e. The zero-order valence-corrected chi connectivity index (χ0v) is 18.9. The third-order valence-corrected chi connectivity index (χ3v) is 5.63. The molecule has 0 saturated heterocycles. The lowest BCUT2D eigenvalue weighted by atomic mass is 10.1. The van der Waals surface area contributed by atoms with E-state index < -0.39 is 0 Å². The smallest absolute Gasteiger partial charge is 0.165 e. The minimum absolute atomic E-state index is 0.280. The van der Waals surface area contributed by atoms with Gasteiger partial charge in [0.2, 0.25) is 0 Å². The number of nitrogens with zero attached hydrogens (tertiary/aromatic N) is 3. The van der Waals surface area contributed by atoms with Crippen LogP contribution in [0.1, 0.15) is 5.69 Å². The number of rotatable bonds is 7. The first-order valence-electron chi connectivity index (χ1n) is 10.8. The number of benzene rings is 3. The number of aromatic nitrogens is 3. The topological polar surface area (TPSA) is 83.9 Å². The molecule has 7 nitrogen and oxygen atoms in total. The summed E-state index contributed by atoms with van der Waals surface area (Å²) >= 11 is 0. The van der Waals surface area contributed by atoms with Crippen LogP contribution in [0.15, 0.2) is 85.1 Å². The van der Waals surface area contributed by atoms with Crippen molar-refractivity contribution in [3.05, 3.63) is 90.8 Å². The zero-order chi connectivity index (χ0) is 23.5. The lowest BCUT2D eigenvalue weighted by Crippen LogP contribution is -2.04. The van der Waals surface area contributed by atoms with E-state index in [0.29, 0.717) is 23.0 Å². The van der Waals surface area contributed by atoms with Crippen molar-refractivity contribution in [2.45, 2.75) is 6.61 Å². The number of hydrogen-bond acceptors (Lipinski definition) is 6. The Kier molecular flexibility index (Phi) is 5.74. The van der Waals surface area contributed by atoms with Gasteiger partial charge >= 0.3 is 0 Å². The number of anilines is 1. The fourth-order valence-corrected chi connectivity index (χ4v) is 3.94. The van der Waals surface area contributed by atoms with Crippen LogP contribution in [0.4, 0.5) is 5.82 Å². The summed E-state index contributed by atoms with van der Waals surface area (Å²) in [5.41, 5.74) is 11.5. The molecule has 2 heterocycles.